The van der Waals surface area contributed by atoms with Gasteiger partial charge in [0.25, 0.3) is 0 Å². The lowest BCUT2D eigenvalue weighted by Crippen LogP contribution is -2.01. The average molecular weight is 181 g/mol. The van der Waals surface area contributed by atoms with E-state index in [0.29, 0.717) is 5.69 Å². The molecule has 0 amide bonds. The predicted molar refractivity (Wildman–Crippen MR) is 47.0 cm³/mol. The van der Waals surface area contributed by atoms with Crippen molar-refractivity contribution in [3.8, 4) is 5.75 Å². The SMILES string of the molecule is CC(C)c1cc(C(=O)O)c(O)cn1. The number of nitrogens with zero attached hydrogens (tertiary/aromatic N) is 1. The molecule has 13 heavy (non-hydrogen) atoms. The topological polar surface area (TPSA) is 70.4 Å². The van der Waals surface area contributed by atoms with E-state index in [-0.39, 0.29) is 17.2 Å². The summed E-state index contributed by atoms with van der Waals surface area (Å²) in [6.45, 7) is 3.82. The second-order valence-corrected chi connectivity index (χ2v) is 3.09. The van der Waals surface area contributed by atoms with Gasteiger partial charge in [0.1, 0.15) is 11.3 Å². The van der Waals surface area contributed by atoms with Gasteiger partial charge in [0, 0.05) is 5.69 Å². The number of aromatic hydroxyl groups is 1. The summed E-state index contributed by atoms with van der Waals surface area (Å²) >= 11 is 0. The third-order valence-electron chi connectivity index (χ3n) is 1.73. The van der Waals surface area contributed by atoms with E-state index in [0.717, 1.165) is 0 Å². The number of hydrogen-bond donors (Lipinski definition) is 2. The molecule has 4 heteroatoms. The maximum atomic E-state index is 10.6. The van der Waals surface area contributed by atoms with Crippen molar-refractivity contribution in [2.75, 3.05) is 0 Å². The van der Waals surface area contributed by atoms with Crippen LogP contribution < -0.4 is 0 Å². The largest absolute Gasteiger partial charge is 0.505 e. The molecule has 0 atom stereocenters. The molecule has 0 bridgehead atoms. The van der Waals surface area contributed by atoms with Gasteiger partial charge in [-0.2, -0.15) is 0 Å². The Hall–Kier alpha value is -1.58. The van der Waals surface area contributed by atoms with Gasteiger partial charge in [0.15, 0.2) is 0 Å². The molecule has 0 aliphatic heterocycles. The minimum atomic E-state index is -1.14. The van der Waals surface area contributed by atoms with Gasteiger partial charge in [0.05, 0.1) is 6.20 Å². The monoisotopic (exact) mass is 181 g/mol. The molecule has 70 valence electrons. The maximum absolute atomic E-state index is 10.6. The number of hydrogen-bond acceptors (Lipinski definition) is 3. The van der Waals surface area contributed by atoms with E-state index in [9.17, 15) is 4.79 Å². The Balaban J connectivity index is 3.19. The van der Waals surface area contributed by atoms with Crippen molar-refractivity contribution < 1.29 is 15.0 Å². The predicted octanol–water partition coefficient (Wildman–Crippen LogP) is 1.61. The molecule has 1 rings (SSSR count). The summed E-state index contributed by atoms with van der Waals surface area (Å²) in [6, 6.07) is 1.39. The van der Waals surface area contributed by atoms with Crippen LogP contribution in [0.5, 0.6) is 5.75 Å². The molecular formula is C9H11NO3. The first-order valence-corrected chi connectivity index (χ1v) is 3.94. The molecule has 2 N–H and O–H groups in total. The van der Waals surface area contributed by atoms with Gasteiger partial charge in [-0.25, -0.2) is 4.79 Å². The highest BCUT2D eigenvalue weighted by atomic mass is 16.4. The molecule has 1 heterocycles. The quantitative estimate of drug-likeness (QED) is 0.727. The fourth-order valence-corrected chi connectivity index (χ4v) is 0.951. The normalized spacial score (nSPS) is 10.4. The summed E-state index contributed by atoms with van der Waals surface area (Å²) in [6.07, 6.45) is 1.17. The molecule has 0 spiro atoms. The number of carboxylic acid groups (broad SMARTS) is 1. The first kappa shape index (κ1) is 9.51. The van der Waals surface area contributed by atoms with Gasteiger partial charge in [-0.1, -0.05) is 13.8 Å². The third-order valence-corrected chi connectivity index (χ3v) is 1.73. The minimum Gasteiger partial charge on any atom is -0.505 e. The molecule has 0 radical (unpaired) electrons. The second kappa shape index (κ2) is 3.43. The van der Waals surface area contributed by atoms with E-state index >= 15 is 0 Å². The Labute approximate surface area is 75.9 Å². The fourth-order valence-electron chi connectivity index (χ4n) is 0.951. The second-order valence-electron chi connectivity index (χ2n) is 3.09. The summed E-state index contributed by atoms with van der Waals surface area (Å²) in [7, 11) is 0. The molecule has 0 saturated carbocycles. The van der Waals surface area contributed by atoms with E-state index < -0.39 is 5.97 Å². The number of carbonyl (C=O) groups is 1. The minimum absolute atomic E-state index is 0.0984. The lowest BCUT2D eigenvalue weighted by Gasteiger charge is -2.05. The summed E-state index contributed by atoms with van der Waals surface area (Å²) in [5, 5.41) is 17.8. The van der Waals surface area contributed by atoms with Crippen LogP contribution in [0.3, 0.4) is 0 Å². The first-order valence-electron chi connectivity index (χ1n) is 3.94. The van der Waals surface area contributed by atoms with Gasteiger partial charge in [-0.3, -0.25) is 4.98 Å². The molecule has 4 nitrogen and oxygen atoms in total. The lowest BCUT2D eigenvalue weighted by molar-refractivity contribution is 0.0693. The lowest BCUT2D eigenvalue weighted by atomic mass is 10.1. The van der Waals surface area contributed by atoms with E-state index in [2.05, 4.69) is 4.98 Å². The van der Waals surface area contributed by atoms with Gasteiger partial charge in [-0.05, 0) is 12.0 Å². The fraction of sp³-hybridized carbons (Fsp3) is 0.333. The van der Waals surface area contributed by atoms with Crippen molar-refractivity contribution in [2.24, 2.45) is 0 Å². The average Bonchev–Trinajstić information content (AvgIpc) is 2.04. The zero-order valence-electron chi connectivity index (χ0n) is 7.48. The van der Waals surface area contributed by atoms with Crippen LogP contribution >= 0.6 is 0 Å². The van der Waals surface area contributed by atoms with Crippen LogP contribution in [0.4, 0.5) is 0 Å². The number of rotatable bonds is 2. The number of aromatic carboxylic acids is 1. The Bertz CT molecular complexity index is 334. The van der Waals surface area contributed by atoms with Crippen LogP contribution in [0.25, 0.3) is 0 Å². The number of carboxylic acids is 1. The van der Waals surface area contributed by atoms with Gasteiger partial charge in [0.2, 0.25) is 0 Å². The zero-order chi connectivity index (χ0) is 10.0. The zero-order valence-corrected chi connectivity index (χ0v) is 7.48. The molecule has 0 unspecified atom stereocenters. The number of aromatic nitrogens is 1. The maximum Gasteiger partial charge on any atom is 0.339 e. The van der Waals surface area contributed by atoms with Crippen LogP contribution in [0, 0.1) is 0 Å². The van der Waals surface area contributed by atoms with Crippen LogP contribution in [-0.4, -0.2) is 21.2 Å². The van der Waals surface area contributed by atoms with E-state index in [4.69, 9.17) is 10.2 Å². The Morgan fingerprint density at radius 3 is 2.62 bits per heavy atom. The molecule has 0 aromatic carbocycles. The van der Waals surface area contributed by atoms with Crippen LogP contribution in [-0.2, 0) is 0 Å². The Morgan fingerprint density at radius 1 is 1.54 bits per heavy atom. The smallest absolute Gasteiger partial charge is 0.339 e. The van der Waals surface area contributed by atoms with E-state index in [1.807, 2.05) is 13.8 Å². The van der Waals surface area contributed by atoms with Crippen molar-refractivity contribution >= 4 is 5.97 Å². The van der Waals surface area contributed by atoms with Crippen LogP contribution in [0.15, 0.2) is 12.3 Å². The standard InChI is InChI=1S/C9H11NO3/c1-5(2)7-3-6(9(12)13)8(11)4-10-7/h3-5,11H,1-2H3,(H,12,13). The Morgan fingerprint density at radius 2 is 2.15 bits per heavy atom. The van der Waals surface area contributed by atoms with Crippen molar-refractivity contribution in [3.05, 3.63) is 23.5 Å². The molecule has 0 fully saturated rings. The molecule has 0 saturated heterocycles. The molecular weight excluding hydrogens is 170 g/mol. The Kier molecular flexibility index (Phi) is 2.51. The summed E-state index contributed by atoms with van der Waals surface area (Å²) in [5.41, 5.74) is 0.564. The van der Waals surface area contributed by atoms with Crippen LogP contribution in [0.2, 0.25) is 0 Å². The molecule has 1 aromatic rings. The van der Waals surface area contributed by atoms with E-state index in [1.54, 1.807) is 0 Å². The summed E-state index contributed by atoms with van der Waals surface area (Å²) in [5.74, 6) is -1.28. The van der Waals surface area contributed by atoms with Crippen molar-refractivity contribution in [1.29, 1.82) is 0 Å². The van der Waals surface area contributed by atoms with Crippen molar-refractivity contribution in [3.63, 3.8) is 0 Å². The highest BCUT2D eigenvalue weighted by Gasteiger charge is 2.12. The highest BCUT2D eigenvalue weighted by molar-refractivity contribution is 5.90. The number of pyridine rings is 1. The van der Waals surface area contributed by atoms with Gasteiger partial charge in [-0.15, -0.1) is 0 Å². The third kappa shape index (κ3) is 1.96. The highest BCUT2D eigenvalue weighted by Crippen LogP contribution is 2.20. The molecule has 0 aliphatic rings. The van der Waals surface area contributed by atoms with Crippen molar-refractivity contribution in [2.45, 2.75) is 19.8 Å². The van der Waals surface area contributed by atoms with Gasteiger partial charge >= 0.3 is 5.97 Å². The summed E-state index contributed by atoms with van der Waals surface area (Å²) < 4.78 is 0. The summed E-state index contributed by atoms with van der Waals surface area (Å²) in [4.78, 5) is 14.5. The molecule has 0 aliphatic carbocycles. The van der Waals surface area contributed by atoms with Gasteiger partial charge < -0.3 is 10.2 Å². The van der Waals surface area contributed by atoms with Crippen molar-refractivity contribution in [1.82, 2.24) is 4.98 Å². The van der Waals surface area contributed by atoms with E-state index in [1.165, 1.54) is 12.3 Å². The van der Waals surface area contributed by atoms with Crippen LogP contribution in [0.1, 0.15) is 35.8 Å². The first-order chi connectivity index (χ1) is 6.02. The molecule has 1 aromatic heterocycles.